The van der Waals surface area contributed by atoms with Crippen LogP contribution < -0.4 is 5.32 Å². The van der Waals surface area contributed by atoms with Gasteiger partial charge in [-0.05, 0) is 24.2 Å². The number of ether oxygens (including phenoxy) is 1. The molecular weight excluding hydrogens is 242 g/mol. The Morgan fingerprint density at radius 3 is 2.37 bits per heavy atom. The van der Waals surface area contributed by atoms with Crippen molar-refractivity contribution >= 4 is 11.9 Å². The molecule has 0 aromatic carbocycles. The fourth-order valence-corrected chi connectivity index (χ4v) is 2.86. The molecular formula is C15H27NO3. The van der Waals surface area contributed by atoms with Crippen molar-refractivity contribution in [3.8, 4) is 0 Å². The highest BCUT2D eigenvalue weighted by atomic mass is 16.5. The van der Waals surface area contributed by atoms with Gasteiger partial charge in [-0.15, -0.1) is 0 Å². The Morgan fingerprint density at radius 2 is 1.89 bits per heavy atom. The zero-order valence-electron chi connectivity index (χ0n) is 12.8. The van der Waals surface area contributed by atoms with Gasteiger partial charge < -0.3 is 10.1 Å². The first-order valence-corrected chi connectivity index (χ1v) is 7.18. The van der Waals surface area contributed by atoms with Crippen LogP contribution in [0.3, 0.4) is 0 Å². The SMILES string of the molecule is COC(=O)C(NC(=O)C1CCCCC1(C)C)C(C)C. The third kappa shape index (κ3) is 3.95. The number of rotatable bonds is 4. The standard InChI is InChI=1S/C15H27NO3/c1-10(2)12(14(18)19-5)16-13(17)11-8-6-7-9-15(11,3)4/h10-12H,6-9H2,1-5H3,(H,16,17). The lowest BCUT2D eigenvalue weighted by molar-refractivity contribution is -0.147. The molecule has 2 atom stereocenters. The topological polar surface area (TPSA) is 55.4 Å². The maximum atomic E-state index is 12.4. The molecule has 0 aliphatic heterocycles. The summed E-state index contributed by atoms with van der Waals surface area (Å²) in [7, 11) is 1.36. The van der Waals surface area contributed by atoms with Gasteiger partial charge in [0.2, 0.25) is 5.91 Å². The Kier molecular flexibility index (Phi) is 5.39. The number of methoxy groups -OCH3 is 1. The zero-order valence-corrected chi connectivity index (χ0v) is 12.8. The Hall–Kier alpha value is -1.06. The number of carbonyl (C=O) groups excluding carboxylic acids is 2. The van der Waals surface area contributed by atoms with Crippen molar-refractivity contribution in [3.63, 3.8) is 0 Å². The lowest BCUT2D eigenvalue weighted by atomic mass is 9.68. The molecule has 0 spiro atoms. The summed E-state index contributed by atoms with van der Waals surface area (Å²) in [6.07, 6.45) is 4.24. The third-order valence-corrected chi connectivity index (χ3v) is 4.24. The minimum absolute atomic E-state index is 0.00574. The first-order valence-electron chi connectivity index (χ1n) is 7.18. The molecule has 0 aromatic rings. The summed E-state index contributed by atoms with van der Waals surface area (Å²) in [5.74, 6) is -0.346. The van der Waals surface area contributed by atoms with E-state index < -0.39 is 6.04 Å². The second kappa shape index (κ2) is 6.40. The molecule has 1 N–H and O–H groups in total. The minimum atomic E-state index is -0.546. The highest BCUT2D eigenvalue weighted by molar-refractivity contribution is 5.86. The average molecular weight is 269 g/mol. The lowest BCUT2D eigenvalue weighted by Gasteiger charge is -2.38. The van der Waals surface area contributed by atoms with Crippen LogP contribution in [0.5, 0.6) is 0 Å². The monoisotopic (exact) mass is 269 g/mol. The molecule has 1 fully saturated rings. The third-order valence-electron chi connectivity index (χ3n) is 4.24. The highest BCUT2D eigenvalue weighted by Crippen LogP contribution is 2.40. The molecule has 4 heteroatoms. The van der Waals surface area contributed by atoms with Crippen LogP contribution in [0.15, 0.2) is 0 Å². The lowest BCUT2D eigenvalue weighted by Crippen LogP contribution is -2.50. The van der Waals surface area contributed by atoms with E-state index in [9.17, 15) is 9.59 Å². The molecule has 0 aromatic heterocycles. The van der Waals surface area contributed by atoms with E-state index in [1.165, 1.54) is 13.5 Å². The van der Waals surface area contributed by atoms with Gasteiger partial charge in [-0.2, -0.15) is 0 Å². The molecule has 110 valence electrons. The summed E-state index contributed by atoms with van der Waals surface area (Å²) < 4.78 is 4.76. The van der Waals surface area contributed by atoms with Crippen molar-refractivity contribution in [2.24, 2.45) is 17.3 Å². The van der Waals surface area contributed by atoms with Crippen molar-refractivity contribution < 1.29 is 14.3 Å². The normalized spacial score (nSPS) is 23.8. The van der Waals surface area contributed by atoms with Crippen molar-refractivity contribution in [1.82, 2.24) is 5.32 Å². The van der Waals surface area contributed by atoms with Crippen LogP contribution in [0.25, 0.3) is 0 Å². The first kappa shape index (κ1) is 16.0. The Morgan fingerprint density at radius 1 is 1.26 bits per heavy atom. The average Bonchev–Trinajstić information content (AvgIpc) is 2.33. The van der Waals surface area contributed by atoms with Gasteiger partial charge in [0.1, 0.15) is 6.04 Å². The number of esters is 1. The maximum Gasteiger partial charge on any atom is 0.328 e. The molecule has 2 unspecified atom stereocenters. The summed E-state index contributed by atoms with van der Waals surface area (Å²) in [6.45, 7) is 8.10. The van der Waals surface area contributed by atoms with Crippen molar-refractivity contribution in [2.75, 3.05) is 7.11 Å². The van der Waals surface area contributed by atoms with Crippen molar-refractivity contribution in [1.29, 1.82) is 0 Å². The van der Waals surface area contributed by atoms with Gasteiger partial charge in [0.25, 0.3) is 0 Å². The molecule has 0 heterocycles. The van der Waals surface area contributed by atoms with Crippen molar-refractivity contribution in [2.45, 2.75) is 59.4 Å². The van der Waals surface area contributed by atoms with Crippen molar-refractivity contribution in [3.05, 3.63) is 0 Å². The molecule has 1 aliphatic carbocycles. The summed E-state index contributed by atoms with van der Waals surface area (Å²) in [5, 5.41) is 2.88. The van der Waals surface area contributed by atoms with Gasteiger partial charge in [0.05, 0.1) is 7.11 Å². The fraction of sp³-hybridized carbons (Fsp3) is 0.867. The second-order valence-corrected chi connectivity index (χ2v) is 6.54. The van der Waals surface area contributed by atoms with Crippen LogP contribution in [-0.4, -0.2) is 25.0 Å². The Labute approximate surface area is 116 Å². The van der Waals surface area contributed by atoms with Gasteiger partial charge in [-0.1, -0.05) is 40.5 Å². The van der Waals surface area contributed by atoms with Crippen LogP contribution in [0, 0.1) is 17.3 Å². The van der Waals surface area contributed by atoms with Crippen LogP contribution in [0.2, 0.25) is 0 Å². The second-order valence-electron chi connectivity index (χ2n) is 6.54. The maximum absolute atomic E-state index is 12.4. The van der Waals surface area contributed by atoms with Gasteiger partial charge in [0, 0.05) is 5.92 Å². The van der Waals surface area contributed by atoms with E-state index in [1.54, 1.807) is 0 Å². The number of nitrogens with one attached hydrogen (secondary N) is 1. The van der Waals surface area contributed by atoms with E-state index >= 15 is 0 Å². The zero-order chi connectivity index (χ0) is 14.6. The highest BCUT2D eigenvalue weighted by Gasteiger charge is 2.38. The van der Waals surface area contributed by atoms with Gasteiger partial charge in [-0.25, -0.2) is 4.79 Å². The first-order chi connectivity index (χ1) is 8.79. The quantitative estimate of drug-likeness (QED) is 0.798. The molecule has 0 radical (unpaired) electrons. The smallest absolute Gasteiger partial charge is 0.328 e. The fourth-order valence-electron chi connectivity index (χ4n) is 2.86. The van der Waals surface area contributed by atoms with E-state index in [-0.39, 0.29) is 29.1 Å². The molecule has 1 aliphatic rings. The molecule has 1 amide bonds. The van der Waals surface area contributed by atoms with Gasteiger partial charge in [-0.3, -0.25) is 4.79 Å². The van der Waals surface area contributed by atoms with E-state index in [2.05, 4.69) is 19.2 Å². The molecule has 0 bridgehead atoms. The Balaban J connectivity index is 2.73. The number of amides is 1. The van der Waals surface area contributed by atoms with E-state index in [1.807, 2.05) is 13.8 Å². The molecule has 4 nitrogen and oxygen atoms in total. The van der Waals surface area contributed by atoms with Gasteiger partial charge >= 0.3 is 5.97 Å². The van der Waals surface area contributed by atoms with Crippen LogP contribution in [-0.2, 0) is 14.3 Å². The van der Waals surface area contributed by atoms with E-state index in [0.717, 1.165) is 19.3 Å². The summed E-state index contributed by atoms with van der Waals surface area (Å²) >= 11 is 0. The van der Waals surface area contributed by atoms with Crippen LogP contribution in [0.1, 0.15) is 53.4 Å². The van der Waals surface area contributed by atoms with Crippen LogP contribution >= 0.6 is 0 Å². The largest absolute Gasteiger partial charge is 0.467 e. The predicted molar refractivity (Wildman–Crippen MR) is 74.5 cm³/mol. The van der Waals surface area contributed by atoms with E-state index in [0.29, 0.717) is 0 Å². The van der Waals surface area contributed by atoms with E-state index in [4.69, 9.17) is 4.74 Å². The summed E-state index contributed by atoms with van der Waals surface area (Å²) in [6, 6.07) is -0.546. The number of carbonyl (C=O) groups is 2. The molecule has 1 rings (SSSR count). The minimum Gasteiger partial charge on any atom is -0.467 e. The summed E-state index contributed by atoms with van der Waals surface area (Å²) in [4.78, 5) is 24.1. The van der Waals surface area contributed by atoms with Gasteiger partial charge in [0.15, 0.2) is 0 Å². The van der Waals surface area contributed by atoms with Crippen LogP contribution in [0.4, 0.5) is 0 Å². The molecule has 1 saturated carbocycles. The number of hydrogen-bond donors (Lipinski definition) is 1. The Bertz CT molecular complexity index is 336. The summed E-state index contributed by atoms with van der Waals surface area (Å²) in [5.41, 5.74) is 0.0139. The molecule has 19 heavy (non-hydrogen) atoms. The predicted octanol–water partition coefficient (Wildman–Crippen LogP) is 2.52. The number of hydrogen-bond acceptors (Lipinski definition) is 3. The molecule has 0 saturated heterocycles.